The van der Waals surface area contributed by atoms with Gasteiger partial charge in [-0.05, 0) is 31.4 Å². The minimum Gasteiger partial charge on any atom is -0.493 e. The predicted octanol–water partition coefficient (Wildman–Crippen LogP) is 5.02. The molecule has 1 aliphatic carbocycles. The zero-order valence-corrected chi connectivity index (χ0v) is 16.4. The van der Waals surface area contributed by atoms with Crippen LogP contribution in [-0.2, 0) is 10.0 Å². The molecule has 2 aromatic carbocycles. The van der Waals surface area contributed by atoms with Crippen LogP contribution in [-0.4, -0.2) is 21.1 Å². The highest BCUT2D eigenvalue weighted by molar-refractivity contribution is 7.89. The third-order valence-corrected chi connectivity index (χ3v) is 6.64. The monoisotopic (exact) mass is 375 g/mol. The van der Waals surface area contributed by atoms with E-state index in [-0.39, 0.29) is 6.04 Å². The maximum Gasteiger partial charge on any atom is 0.241 e. The normalized spacial score (nSPS) is 16.5. The quantitative estimate of drug-likeness (QED) is 0.546. The fraction of sp³-hybridized carbons (Fsp3) is 0.524. The highest BCUT2D eigenvalue weighted by Gasteiger charge is 2.23. The third kappa shape index (κ3) is 4.57. The molecule has 0 bridgehead atoms. The molecule has 0 atom stereocenters. The standard InChI is InChI=1S/C21H29NO3S/c1-2-3-16-25-20-14-15-21(19-13-9-8-12-18(19)20)26(23,24)22-17-10-6-4-5-7-11-17/h8-9,12-15,17,22H,2-7,10-11,16H2,1H3. The van der Waals surface area contributed by atoms with Gasteiger partial charge in [-0.25, -0.2) is 13.1 Å². The molecule has 0 unspecified atom stereocenters. The molecule has 2 aromatic rings. The summed E-state index contributed by atoms with van der Waals surface area (Å²) in [5, 5.41) is 1.58. The molecule has 0 saturated heterocycles. The molecule has 3 rings (SSSR count). The van der Waals surface area contributed by atoms with Crippen molar-refractivity contribution in [3.05, 3.63) is 36.4 Å². The molecule has 142 valence electrons. The third-order valence-electron chi connectivity index (χ3n) is 5.07. The number of ether oxygens (including phenoxy) is 1. The van der Waals surface area contributed by atoms with Crippen LogP contribution in [0.3, 0.4) is 0 Å². The first-order valence-corrected chi connectivity index (χ1v) is 11.3. The van der Waals surface area contributed by atoms with Gasteiger partial charge in [0.15, 0.2) is 0 Å². The molecule has 1 saturated carbocycles. The zero-order valence-electron chi connectivity index (χ0n) is 15.5. The van der Waals surface area contributed by atoms with Crippen molar-refractivity contribution in [2.24, 2.45) is 0 Å². The van der Waals surface area contributed by atoms with Gasteiger partial charge < -0.3 is 4.74 Å². The Hall–Kier alpha value is -1.59. The molecule has 0 aliphatic heterocycles. The van der Waals surface area contributed by atoms with Gasteiger partial charge in [0.25, 0.3) is 0 Å². The molecular weight excluding hydrogens is 346 g/mol. The summed E-state index contributed by atoms with van der Waals surface area (Å²) in [5.41, 5.74) is 0. The van der Waals surface area contributed by atoms with Gasteiger partial charge in [0, 0.05) is 16.8 Å². The van der Waals surface area contributed by atoms with Crippen molar-refractivity contribution in [1.82, 2.24) is 4.72 Å². The number of unbranched alkanes of at least 4 members (excludes halogenated alkanes) is 1. The molecular formula is C21H29NO3S. The number of nitrogens with one attached hydrogen (secondary N) is 1. The van der Waals surface area contributed by atoms with Crippen molar-refractivity contribution in [1.29, 1.82) is 0 Å². The van der Waals surface area contributed by atoms with E-state index in [1.54, 1.807) is 12.1 Å². The number of rotatable bonds is 7. The summed E-state index contributed by atoms with van der Waals surface area (Å²) < 4.78 is 34.9. The second-order valence-corrected chi connectivity index (χ2v) is 8.80. The van der Waals surface area contributed by atoms with E-state index in [0.29, 0.717) is 11.5 Å². The van der Waals surface area contributed by atoms with E-state index in [4.69, 9.17) is 4.74 Å². The number of fused-ring (bicyclic) bond motifs is 1. The zero-order chi connectivity index (χ0) is 18.4. The van der Waals surface area contributed by atoms with E-state index in [9.17, 15) is 8.42 Å². The highest BCUT2D eigenvalue weighted by Crippen LogP contribution is 2.31. The van der Waals surface area contributed by atoms with Crippen molar-refractivity contribution in [3.63, 3.8) is 0 Å². The highest BCUT2D eigenvalue weighted by atomic mass is 32.2. The lowest BCUT2D eigenvalue weighted by Crippen LogP contribution is -2.34. The van der Waals surface area contributed by atoms with E-state index in [2.05, 4.69) is 11.6 Å². The van der Waals surface area contributed by atoms with Crippen LogP contribution in [0.4, 0.5) is 0 Å². The van der Waals surface area contributed by atoms with Crippen LogP contribution in [0.1, 0.15) is 58.3 Å². The fourth-order valence-electron chi connectivity index (χ4n) is 3.61. The largest absolute Gasteiger partial charge is 0.493 e. The summed E-state index contributed by atoms with van der Waals surface area (Å²) in [4.78, 5) is 0.347. The summed E-state index contributed by atoms with van der Waals surface area (Å²) in [6.07, 6.45) is 8.49. The van der Waals surface area contributed by atoms with Crippen molar-refractivity contribution >= 4 is 20.8 Å². The summed E-state index contributed by atoms with van der Waals surface area (Å²) in [5.74, 6) is 0.752. The Kier molecular flexibility index (Phi) is 6.54. The topological polar surface area (TPSA) is 55.4 Å². The molecule has 0 aromatic heterocycles. The Morgan fingerprint density at radius 2 is 1.69 bits per heavy atom. The van der Waals surface area contributed by atoms with Gasteiger partial charge in [0.2, 0.25) is 10.0 Å². The predicted molar refractivity (Wildman–Crippen MR) is 106 cm³/mol. The van der Waals surface area contributed by atoms with Crippen LogP contribution in [0, 0.1) is 0 Å². The fourth-order valence-corrected chi connectivity index (χ4v) is 5.13. The molecule has 1 aliphatic rings. The number of hydrogen-bond donors (Lipinski definition) is 1. The van der Waals surface area contributed by atoms with Gasteiger partial charge >= 0.3 is 0 Å². The second-order valence-electron chi connectivity index (χ2n) is 7.12. The molecule has 26 heavy (non-hydrogen) atoms. The van der Waals surface area contributed by atoms with Crippen LogP contribution >= 0.6 is 0 Å². The first-order chi connectivity index (χ1) is 12.6. The lowest BCUT2D eigenvalue weighted by Gasteiger charge is -2.18. The molecule has 4 nitrogen and oxygen atoms in total. The average Bonchev–Trinajstić information content (AvgIpc) is 2.90. The maximum absolute atomic E-state index is 13.0. The first kappa shape index (κ1) is 19.2. The lowest BCUT2D eigenvalue weighted by atomic mass is 10.1. The van der Waals surface area contributed by atoms with Crippen LogP contribution in [0.15, 0.2) is 41.3 Å². The lowest BCUT2D eigenvalue weighted by molar-refractivity contribution is 0.313. The first-order valence-electron chi connectivity index (χ1n) is 9.78. The Bertz CT molecular complexity index is 824. The van der Waals surface area contributed by atoms with Crippen molar-refractivity contribution in [2.45, 2.75) is 69.2 Å². The van der Waals surface area contributed by atoms with Crippen molar-refractivity contribution in [3.8, 4) is 5.75 Å². The molecule has 0 radical (unpaired) electrons. The van der Waals surface area contributed by atoms with Gasteiger partial charge in [-0.3, -0.25) is 0 Å². The maximum atomic E-state index is 13.0. The summed E-state index contributed by atoms with van der Waals surface area (Å²) in [6, 6.07) is 11.1. The van der Waals surface area contributed by atoms with Crippen molar-refractivity contribution in [2.75, 3.05) is 6.61 Å². The molecule has 0 amide bonds. The summed E-state index contributed by atoms with van der Waals surface area (Å²) in [6.45, 7) is 2.77. The Morgan fingerprint density at radius 3 is 2.38 bits per heavy atom. The van der Waals surface area contributed by atoms with Crippen molar-refractivity contribution < 1.29 is 13.2 Å². The summed E-state index contributed by atoms with van der Waals surface area (Å²) >= 11 is 0. The average molecular weight is 376 g/mol. The molecule has 1 fully saturated rings. The molecule has 5 heteroatoms. The summed E-state index contributed by atoms with van der Waals surface area (Å²) in [7, 11) is -3.55. The number of hydrogen-bond acceptors (Lipinski definition) is 3. The van der Waals surface area contributed by atoms with Crippen LogP contribution in [0.2, 0.25) is 0 Å². The van der Waals surface area contributed by atoms with E-state index in [1.165, 1.54) is 12.8 Å². The number of sulfonamides is 1. The SMILES string of the molecule is CCCCOc1ccc(S(=O)(=O)NC2CCCCCC2)c2ccccc12. The second kappa shape index (κ2) is 8.87. The van der Waals surface area contributed by atoms with E-state index < -0.39 is 10.0 Å². The van der Waals surface area contributed by atoms with Gasteiger partial charge in [0.1, 0.15) is 5.75 Å². The van der Waals surface area contributed by atoms with Gasteiger partial charge in [0.05, 0.1) is 11.5 Å². The van der Waals surface area contributed by atoms with E-state index >= 15 is 0 Å². The van der Waals surface area contributed by atoms with E-state index in [0.717, 1.165) is 55.0 Å². The number of benzene rings is 2. The van der Waals surface area contributed by atoms with Crippen LogP contribution in [0.25, 0.3) is 10.8 Å². The van der Waals surface area contributed by atoms with Gasteiger partial charge in [-0.2, -0.15) is 0 Å². The Labute approximate surface area is 157 Å². The van der Waals surface area contributed by atoms with E-state index in [1.807, 2.05) is 24.3 Å². The van der Waals surface area contributed by atoms with Gasteiger partial charge in [-0.15, -0.1) is 0 Å². The minimum absolute atomic E-state index is 0.0433. The Morgan fingerprint density at radius 1 is 1.00 bits per heavy atom. The Balaban J connectivity index is 1.90. The molecule has 1 N–H and O–H groups in total. The minimum atomic E-state index is -3.55. The van der Waals surface area contributed by atoms with Gasteiger partial charge in [-0.1, -0.05) is 63.3 Å². The van der Waals surface area contributed by atoms with Crippen LogP contribution < -0.4 is 9.46 Å². The molecule has 0 spiro atoms. The smallest absolute Gasteiger partial charge is 0.241 e. The molecule has 0 heterocycles. The van der Waals surface area contributed by atoms with Crippen LogP contribution in [0.5, 0.6) is 5.75 Å².